The molecule has 3 aromatic heterocycles. The molecule has 0 bridgehead atoms. The van der Waals surface area contributed by atoms with Crippen molar-refractivity contribution in [2.45, 2.75) is 12.3 Å². The fourth-order valence-electron chi connectivity index (χ4n) is 2.94. The summed E-state index contributed by atoms with van der Waals surface area (Å²) in [5, 5.41) is 0. The van der Waals surface area contributed by atoms with E-state index in [-0.39, 0.29) is 17.4 Å². The molecule has 4 rings (SSSR count). The van der Waals surface area contributed by atoms with Gasteiger partial charge in [-0.3, -0.25) is 14.8 Å². The van der Waals surface area contributed by atoms with Gasteiger partial charge < -0.3 is 10.6 Å². The molecule has 0 spiro atoms. The molecule has 1 aliphatic heterocycles. The molecule has 0 radical (unpaired) electrons. The number of nitrogens with two attached hydrogens (primary N) is 1. The minimum atomic E-state index is -0.218. The van der Waals surface area contributed by atoms with E-state index < -0.39 is 0 Å². The first-order chi connectivity index (χ1) is 11.2. The molecule has 1 aliphatic rings. The Morgan fingerprint density at radius 2 is 2.09 bits per heavy atom. The predicted molar refractivity (Wildman–Crippen MR) is 86.2 cm³/mol. The predicted octanol–water partition coefficient (Wildman–Crippen LogP) is 0.684. The number of fused-ring (bicyclic) bond motifs is 1. The first-order valence-corrected chi connectivity index (χ1v) is 7.38. The highest BCUT2D eigenvalue weighted by atomic mass is 16.1. The molecule has 3 N–H and O–H groups in total. The van der Waals surface area contributed by atoms with Crippen LogP contribution in [-0.4, -0.2) is 38.0 Å². The van der Waals surface area contributed by atoms with Gasteiger partial charge >= 0.3 is 0 Å². The van der Waals surface area contributed by atoms with Crippen molar-refractivity contribution < 1.29 is 0 Å². The number of nitrogen functional groups attached to an aromatic ring is 1. The van der Waals surface area contributed by atoms with Crippen molar-refractivity contribution in [3.05, 3.63) is 46.6 Å². The molecule has 0 saturated carbocycles. The second kappa shape index (κ2) is 5.31. The summed E-state index contributed by atoms with van der Waals surface area (Å²) in [6, 6.07) is 5.38. The molecular formula is C15H15N7O. The van der Waals surface area contributed by atoms with Crippen LogP contribution >= 0.6 is 0 Å². The van der Waals surface area contributed by atoms with Gasteiger partial charge in [0.2, 0.25) is 5.95 Å². The van der Waals surface area contributed by atoms with Crippen molar-refractivity contribution in [1.29, 1.82) is 0 Å². The monoisotopic (exact) mass is 309 g/mol. The van der Waals surface area contributed by atoms with Gasteiger partial charge in [0.05, 0.1) is 5.69 Å². The molecule has 1 atom stereocenters. The van der Waals surface area contributed by atoms with E-state index in [9.17, 15) is 4.79 Å². The van der Waals surface area contributed by atoms with Crippen LogP contribution in [0, 0.1) is 0 Å². The molecule has 8 heteroatoms. The van der Waals surface area contributed by atoms with Crippen molar-refractivity contribution in [3.8, 4) is 0 Å². The Morgan fingerprint density at radius 3 is 2.96 bits per heavy atom. The van der Waals surface area contributed by atoms with Gasteiger partial charge in [0.15, 0.2) is 5.65 Å². The first kappa shape index (κ1) is 13.6. The van der Waals surface area contributed by atoms with Crippen LogP contribution in [0.15, 0.2) is 35.4 Å². The summed E-state index contributed by atoms with van der Waals surface area (Å²) in [6.45, 7) is 1.59. The molecule has 8 nitrogen and oxygen atoms in total. The zero-order valence-electron chi connectivity index (χ0n) is 12.3. The zero-order chi connectivity index (χ0) is 15.8. The minimum Gasteiger partial charge on any atom is -0.369 e. The summed E-state index contributed by atoms with van der Waals surface area (Å²) in [5.74, 6) is 1.18. The molecule has 4 heterocycles. The van der Waals surface area contributed by atoms with E-state index in [2.05, 4.69) is 29.8 Å². The third-order valence-electron chi connectivity index (χ3n) is 4.03. The molecule has 0 aliphatic carbocycles. The average Bonchev–Trinajstić information content (AvgIpc) is 3.03. The lowest BCUT2D eigenvalue weighted by Crippen LogP contribution is -2.21. The maximum Gasteiger partial charge on any atom is 0.252 e. The van der Waals surface area contributed by atoms with Gasteiger partial charge in [0.25, 0.3) is 5.56 Å². The number of nitrogens with one attached hydrogen (secondary N) is 1. The topological polar surface area (TPSA) is 114 Å². The van der Waals surface area contributed by atoms with Crippen LogP contribution in [-0.2, 0) is 0 Å². The highest BCUT2D eigenvalue weighted by molar-refractivity contribution is 5.71. The lowest BCUT2D eigenvalue weighted by atomic mass is 10.1. The molecule has 1 unspecified atom stereocenters. The lowest BCUT2D eigenvalue weighted by molar-refractivity contribution is 0.739. The molecule has 23 heavy (non-hydrogen) atoms. The highest BCUT2D eigenvalue weighted by Gasteiger charge is 2.26. The van der Waals surface area contributed by atoms with Crippen molar-refractivity contribution in [2.75, 3.05) is 23.7 Å². The van der Waals surface area contributed by atoms with Crippen molar-refractivity contribution in [1.82, 2.24) is 24.9 Å². The van der Waals surface area contributed by atoms with Crippen LogP contribution in [0.2, 0.25) is 0 Å². The molecule has 1 saturated heterocycles. The average molecular weight is 309 g/mol. The maximum atomic E-state index is 11.5. The van der Waals surface area contributed by atoms with Crippen molar-refractivity contribution >= 4 is 22.9 Å². The molecule has 0 aromatic carbocycles. The van der Waals surface area contributed by atoms with E-state index in [1.807, 2.05) is 12.1 Å². The number of H-pyrrole nitrogens is 1. The summed E-state index contributed by atoms with van der Waals surface area (Å²) in [4.78, 5) is 33.5. The van der Waals surface area contributed by atoms with Crippen LogP contribution < -0.4 is 16.2 Å². The number of rotatable bonds is 2. The lowest BCUT2D eigenvalue weighted by Gasteiger charge is -2.17. The van der Waals surface area contributed by atoms with E-state index >= 15 is 0 Å². The third kappa shape index (κ3) is 2.59. The van der Waals surface area contributed by atoms with Gasteiger partial charge in [0.1, 0.15) is 11.3 Å². The number of nitrogens with zero attached hydrogens (tertiary/aromatic N) is 5. The number of hydrogen-bond donors (Lipinski definition) is 2. The smallest absolute Gasteiger partial charge is 0.252 e. The Morgan fingerprint density at radius 1 is 1.22 bits per heavy atom. The van der Waals surface area contributed by atoms with Gasteiger partial charge in [-0.25, -0.2) is 15.0 Å². The highest BCUT2D eigenvalue weighted by Crippen LogP contribution is 2.29. The fourth-order valence-corrected chi connectivity index (χ4v) is 2.94. The van der Waals surface area contributed by atoms with Crippen LogP contribution in [0.3, 0.4) is 0 Å². The Labute approximate surface area is 131 Å². The van der Waals surface area contributed by atoms with Crippen molar-refractivity contribution in [2.24, 2.45) is 0 Å². The van der Waals surface area contributed by atoms with E-state index in [0.717, 1.165) is 36.5 Å². The second-order valence-electron chi connectivity index (χ2n) is 5.56. The van der Waals surface area contributed by atoms with Crippen LogP contribution in [0.4, 0.5) is 11.8 Å². The largest absolute Gasteiger partial charge is 0.369 e. The van der Waals surface area contributed by atoms with Gasteiger partial charge in [-0.05, 0) is 18.6 Å². The standard InChI is InChI=1S/C15H15N7O/c16-15-19-11(7-13(23)21-15)9-3-6-22(8-9)12-2-1-10-14(20-12)18-5-4-17-10/h1-2,4-5,7,9H,3,6,8H2,(H3,16,19,21,23). The quantitative estimate of drug-likeness (QED) is 0.715. The van der Waals surface area contributed by atoms with Gasteiger partial charge in [-0.1, -0.05) is 0 Å². The zero-order valence-corrected chi connectivity index (χ0v) is 12.3. The van der Waals surface area contributed by atoms with E-state index in [1.165, 1.54) is 6.07 Å². The van der Waals surface area contributed by atoms with Crippen LogP contribution in [0.5, 0.6) is 0 Å². The SMILES string of the molecule is Nc1nc(C2CCN(c3ccc4nccnc4n3)C2)cc(=O)[nH]1. The van der Waals surface area contributed by atoms with Crippen molar-refractivity contribution in [3.63, 3.8) is 0 Å². The number of aromatic amines is 1. The summed E-state index contributed by atoms with van der Waals surface area (Å²) < 4.78 is 0. The molecule has 0 amide bonds. The van der Waals surface area contributed by atoms with Crippen LogP contribution in [0.1, 0.15) is 18.0 Å². The Kier molecular flexibility index (Phi) is 3.14. The number of aromatic nitrogens is 5. The Bertz CT molecular complexity index is 923. The Balaban J connectivity index is 1.60. The summed E-state index contributed by atoms with van der Waals surface area (Å²) in [7, 11) is 0. The number of pyridine rings is 1. The van der Waals surface area contributed by atoms with Gasteiger partial charge in [-0.15, -0.1) is 0 Å². The molecule has 116 valence electrons. The van der Waals surface area contributed by atoms with E-state index in [4.69, 9.17) is 5.73 Å². The summed E-state index contributed by atoms with van der Waals surface area (Å²) >= 11 is 0. The van der Waals surface area contributed by atoms with Crippen LogP contribution in [0.25, 0.3) is 11.2 Å². The third-order valence-corrected chi connectivity index (χ3v) is 4.03. The van der Waals surface area contributed by atoms with E-state index in [0.29, 0.717) is 5.65 Å². The normalized spacial score (nSPS) is 17.7. The number of hydrogen-bond acceptors (Lipinski definition) is 7. The first-order valence-electron chi connectivity index (χ1n) is 7.38. The fraction of sp³-hybridized carbons (Fsp3) is 0.267. The minimum absolute atomic E-state index is 0.157. The number of anilines is 2. The molecular weight excluding hydrogens is 294 g/mol. The molecule has 1 fully saturated rings. The maximum absolute atomic E-state index is 11.5. The molecule has 3 aromatic rings. The summed E-state index contributed by atoms with van der Waals surface area (Å²) in [6.07, 6.45) is 4.18. The second-order valence-corrected chi connectivity index (χ2v) is 5.56. The van der Waals surface area contributed by atoms with Gasteiger partial charge in [0, 0.05) is 37.5 Å². The summed E-state index contributed by atoms with van der Waals surface area (Å²) in [5.41, 5.74) is 7.55. The van der Waals surface area contributed by atoms with Gasteiger partial charge in [-0.2, -0.15) is 0 Å². The van der Waals surface area contributed by atoms with E-state index in [1.54, 1.807) is 12.4 Å². The Hall–Kier alpha value is -3.03.